The summed E-state index contributed by atoms with van der Waals surface area (Å²) in [5, 5.41) is 7.95. The SMILES string of the molecule is COc1ccc(Cl)cc1-c1nn(C)cc1NC(=O)c1cncc2c1COC2. The summed E-state index contributed by atoms with van der Waals surface area (Å²) < 4.78 is 12.5. The van der Waals surface area contributed by atoms with Crippen molar-refractivity contribution in [2.45, 2.75) is 13.2 Å². The first-order valence-electron chi connectivity index (χ1n) is 8.29. The number of nitrogens with one attached hydrogen (secondary N) is 1. The molecule has 3 aromatic rings. The lowest BCUT2D eigenvalue weighted by molar-refractivity contribution is 0.102. The Kier molecular flexibility index (Phi) is 4.55. The molecule has 7 nitrogen and oxygen atoms in total. The van der Waals surface area contributed by atoms with Gasteiger partial charge >= 0.3 is 0 Å². The molecule has 0 bridgehead atoms. The van der Waals surface area contributed by atoms with Gasteiger partial charge in [0.2, 0.25) is 0 Å². The van der Waals surface area contributed by atoms with Gasteiger partial charge in [-0.25, -0.2) is 0 Å². The van der Waals surface area contributed by atoms with Crippen molar-refractivity contribution in [3.8, 4) is 17.0 Å². The van der Waals surface area contributed by atoms with Crippen LogP contribution in [0.25, 0.3) is 11.3 Å². The van der Waals surface area contributed by atoms with E-state index in [2.05, 4.69) is 15.4 Å². The van der Waals surface area contributed by atoms with Gasteiger partial charge in [-0.05, 0) is 23.8 Å². The van der Waals surface area contributed by atoms with Crippen LogP contribution in [0.5, 0.6) is 5.75 Å². The molecule has 0 saturated heterocycles. The van der Waals surface area contributed by atoms with Gasteiger partial charge in [-0.15, -0.1) is 0 Å². The van der Waals surface area contributed by atoms with Crippen molar-refractivity contribution in [3.63, 3.8) is 0 Å². The molecule has 27 heavy (non-hydrogen) atoms. The van der Waals surface area contributed by atoms with Crippen LogP contribution in [0.15, 0.2) is 36.8 Å². The molecule has 1 aliphatic heterocycles. The van der Waals surface area contributed by atoms with Crippen LogP contribution < -0.4 is 10.1 Å². The average Bonchev–Trinajstić information content (AvgIpc) is 3.27. The van der Waals surface area contributed by atoms with Gasteiger partial charge in [0.15, 0.2) is 0 Å². The lowest BCUT2D eigenvalue weighted by atomic mass is 10.1. The number of fused-ring (bicyclic) bond motifs is 1. The van der Waals surface area contributed by atoms with Gasteiger partial charge in [0.1, 0.15) is 11.4 Å². The summed E-state index contributed by atoms with van der Waals surface area (Å²) in [6.45, 7) is 0.879. The second-order valence-electron chi connectivity index (χ2n) is 6.18. The highest BCUT2D eigenvalue weighted by Gasteiger charge is 2.22. The predicted octanol–water partition coefficient (Wildman–Crippen LogP) is 3.43. The number of carbonyl (C=O) groups is 1. The summed E-state index contributed by atoms with van der Waals surface area (Å²) in [6.07, 6.45) is 5.02. The number of hydrogen-bond donors (Lipinski definition) is 1. The van der Waals surface area contributed by atoms with Crippen LogP contribution in [-0.2, 0) is 25.0 Å². The van der Waals surface area contributed by atoms with Gasteiger partial charge in [-0.1, -0.05) is 11.6 Å². The van der Waals surface area contributed by atoms with Crippen LogP contribution in [0.3, 0.4) is 0 Å². The summed E-state index contributed by atoms with van der Waals surface area (Å²) in [7, 11) is 3.36. The average molecular weight is 385 g/mol. The maximum atomic E-state index is 12.9. The minimum absolute atomic E-state index is 0.264. The van der Waals surface area contributed by atoms with E-state index < -0.39 is 0 Å². The zero-order chi connectivity index (χ0) is 19.0. The molecule has 0 aliphatic carbocycles. The quantitative estimate of drug-likeness (QED) is 0.745. The Morgan fingerprint density at radius 3 is 3.00 bits per heavy atom. The summed E-state index contributed by atoms with van der Waals surface area (Å²) in [4.78, 5) is 17.0. The van der Waals surface area contributed by atoms with Crippen LogP contribution in [0.4, 0.5) is 5.69 Å². The number of pyridine rings is 1. The van der Waals surface area contributed by atoms with Crippen molar-refractivity contribution >= 4 is 23.2 Å². The Morgan fingerprint density at radius 1 is 1.33 bits per heavy atom. The predicted molar refractivity (Wildman–Crippen MR) is 101 cm³/mol. The number of ether oxygens (including phenoxy) is 2. The normalized spacial score (nSPS) is 12.7. The third kappa shape index (κ3) is 3.27. The molecule has 1 aliphatic rings. The number of benzene rings is 1. The Labute approximate surface area is 160 Å². The molecule has 3 heterocycles. The molecule has 1 amide bonds. The first-order chi connectivity index (χ1) is 13.1. The van der Waals surface area contributed by atoms with Gasteiger partial charge < -0.3 is 14.8 Å². The molecule has 4 rings (SSSR count). The molecule has 138 valence electrons. The molecule has 0 atom stereocenters. The van der Waals surface area contributed by atoms with E-state index in [4.69, 9.17) is 21.1 Å². The number of aromatic nitrogens is 3. The van der Waals surface area contributed by atoms with Crippen LogP contribution in [0.2, 0.25) is 5.02 Å². The molecule has 2 aromatic heterocycles. The smallest absolute Gasteiger partial charge is 0.257 e. The highest BCUT2D eigenvalue weighted by Crippen LogP contribution is 2.36. The van der Waals surface area contributed by atoms with E-state index in [1.807, 2.05) is 0 Å². The number of aryl methyl sites for hydroxylation is 1. The maximum absolute atomic E-state index is 12.9. The summed E-state index contributed by atoms with van der Waals surface area (Å²) >= 11 is 6.15. The van der Waals surface area contributed by atoms with Crippen LogP contribution in [-0.4, -0.2) is 27.8 Å². The van der Waals surface area contributed by atoms with Crippen molar-refractivity contribution in [1.29, 1.82) is 0 Å². The second-order valence-corrected chi connectivity index (χ2v) is 6.62. The van der Waals surface area contributed by atoms with Crippen molar-refractivity contribution in [2.24, 2.45) is 7.05 Å². The minimum Gasteiger partial charge on any atom is -0.496 e. The van der Waals surface area contributed by atoms with Crippen LogP contribution >= 0.6 is 11.6 Å². The van der Waals surface area contributed by atoms with E-state index in [0.29, 0.717) is 46.5 Å². The van der Waals surface area contributed by atoms with Gasteiger partial charge in [0, 0.05) is 41.8 Å². The number of halogens is 1. The van der Waals surface area contributed by atoms with Gasteiger partial charge in [0.25, 0.3) is 5.91 Å². The summed E-state index contributed by atoms with van der Waals surface area (Å²) in [5.74, 6) is 0.351. The number of methoxy groups -OCH3 is 1. The standard InChI is InChI=1S/C19H17ClN4O3/c1-24-8-16(18(23-24)13-5-12(20)3-4-17(13)26-2)22-19(25)14-7-21-6-11-9-27-10-15(11)14/h3-8H,9-10H2,1-2H3,(H,22,25). The largest absolute Gasteiger partial charge is 0.496 e. The van der Waals surface area contributed by atoms with Crippen molar-refractivity contribution in [2.75, 3.05) is 12.4 Å². The molecule has 8 heteroatoms. The highest BCUT2D eigenvalue weighted by molar-refractivity contribution is 6.31. The van der Waals surface area contributed by atoms with Crippen LogP contribution in [0, 0.1) is 0 Å². The van der Waals surface area contributed by atoms with E-state index in [0.717, 1.165) is 11.1 Å². The van der Waals surface area contributed by atoms with E-state index in [-0.39, 0.29) is 5.91 Å². The van der Waals surface area contributed by atoms with Crippen LogP contribution in [0.1, 0.15) is 21.5 Å². The molecule has 1 aromatic carbocycles. The number of amides is 1. The third-order valence-electron chi connectivity index (χ3n) is 4.39. The van der Waals surface area contributed by atoms with E-state index in [1.165, 1.54) is 0 Å². The first kappa shape index (κ1) is 17.5. The summed E-state index contributed by atoms with van der Waals surface area (Å²) in [5.41, 5.74) is 4.12. The van der Waals surface area contributed by atoms with Gasteiger partial charge in [-0.3, -0.25) is 14.5 Å². The fourth-order valence-electron chi connectivity index (χ4n) is 3.12. The minimum atomic E-state index is -0.264. The Hall–Kier alpha value is -2.90. The highest BCUT2D eigenvalue weighted by atomic mass is 35.5. The van der Waals surface area contributed by atoms with Gasteiger partial charge in [-0.2, -0.15) is 5.10 Å². The Balaban J connectivity index is 1.72. The third-order valence-corrected chi connectivity index (χ3v) is 4.62. The number of anilines is 1. The molecular formula is C19H17ClN4O3. The van der Waals surface area contributed by atoms with Crippen molar-refractivity contribution < 1.29 is 14.3 Å². The lowest BCUT2D eigenvalue weighted by Gasteiger charge is -2.10. The van der Waals surface area contributed by atoms with Crippen molar-refractivity contribution in [1.82, 2.24) is 14.8 Å². The van der Waals surface area contributed by atoms with E-state index in [9.17, 15) is 4.79 Å². The molecule has 1 N–H and O–H groups in total. The van der Waals surface area contributed by atoms with E-state index in [1.54, 1.807) is 55.6 Å². The molecule has 0 fully saturated rings. The molecule has 0 spiro atoms. The summed E-state index contributed by atoms with van der Waals surface area (Å²) in [6, 6.07) is 5.27. The zero-order valence-electron chi connectivity index (χ0n) is 14.8. The molecule has 0 unspecified atom stereocenters. The first-order valence-corrected chi connectivity index (χ1v) is 8.67. The number of rotatable bonds is 4. The number of hydrogen-bond acceptors (Lipinski definition) is 5. The second kappa shape index (κ2) is 7.02. The topological polar surface area (TPSA) is 78.3 Å². The Bertz CT molecular complexity index is 1030. The zero-order valence-corrected chi connectivity index (χ0v) is 15.6. The molecule has 0 saturated carbocycles. The van der Waals surface area contributed by atoms with Gasteiger partial charge in [0.05, 0.1) is 31.6 Å². The fourth-order valence-corrected chi connectivity index (χ4v) is 3.29. The molecular weight excluding hydrogens is 368 g/mol. The monoisotopic (exact) mass is 384 g/mol. The lowest BCUT2D eigenvalue weighted by Crippen LogP contribution is -2.15. The van der Waals surface area contributed by atoms with Crippen molar-refractivity contribution in [3.05, 3.63) is 58.5 Å². The fraction of sp³-hybridized carbons (Fsp3) is 0.211. The molecule has 0 radical (unpaired) electrons. The number of carbonyl (C=O) groups excluding carboxylic acids is 1. The number of nitrogens with zero attached hydrogens (tertiary/aromatic N) is 3. The van der Waals surface area contributed by atoms with E-state index >= 15 is 0 Å². The maximum Gasteiger partial charge on any atom is 0.257 e. The Morgan fingerprint density at radius 2 is 2.19 bits per heavy atom.